The van der Waals surface area contributed by atoms with Crippen LogP contribution >= 0.6 is 11.3 Å². The molecule has 3 heterocycles. The number of β-lactam (4-membered cyclic amide) rings is 1. The van der Waals surface area contributed by atoms with Crippen LogP contribution in [0.4, 0.5) is 0 Å². The smallest absolute Gasteiger partial charge is 0.267 e. The van der Waals surface area contributed by atoms with Crippen molar-refractivity contribution in [2.75, 3.05) is 13.9 Å². The number of fused-ring (bicyclic) bond motifs is 1. The number of amides is 1. The maximum Gasteiger partial charge on any atom is 0.267 e. The zero-order valence-electron chi connectivity index (χ0n) is 15.7. The zero-order valence-corrected chi connectivity index (χ0v) is 16.6. The van der Waals surface area contributed by atoms with E-state index in [1.165, 1.54) is 0 Å². The molecule has 1 fully saturated rings. The van der Waals surface area contributed by atoms with Gasteiger partial charge >= 0.3 is 0 Å². The molecule has 0 radical (unpaired) electrons. The number of likely N-dealkylation sites (tertiary alicyclic amines) is 1. The number of nitrogens with zero attached hydrogens (tertiary/aromatic N) is 1. The Morgan fingerprint density at radius 3 is 2.62 bits per heavy atom. The predicted octanol–water partition coefficient (Wildman–Crippen LogP) is 4.02. The molecule has 2 aromatic carbocycles. The summed E-state index contributed by atoms with van der Waals surface area (Å²) in [4.78, 5) is 15.9. The molecule has 5 rings (SSSR count). The van der Waals surface area contributed by atoms with Crippen LogP contribution in [0.25, 0.3) is 0 Å². The summed E-state index contributed by atoms with van der Waals surface area (Å²) >= 11 is 1.63. The highest BCUT2D eigenvalue weighted by Crippen LogP contribution is 2.42. The van der Waals surface area contributed by atoms with Gasteiger partial charge in [0.2, 0.25) is 12.9 Å². The second-order valence-corrected chi connectivity index (χ2v) is 7.81. The normalized spacial score (nSPS) is 19.8. The van der Waals surface area contributed by atoms with Gasteiger partial charge in [-0.2, -0.15) is 0 Å². The van der Waals surface area contributed by atoms with Gasteiger partial charge in [-0.25, -0.2) is 0 Å². The topological polar surface area (TPSA) is 57.2 Å². The van der Waals surface area contributed by atoms with Crippen LogP contribution in [-0.4, -0.2) is 30.8 Å². The molecule has 0 saturated carbocycles. The molecule has 1 aromatic heterocycles. The number of carbonyl (C=O) groups excluding carboxylic acids is 1. The van der Waals surface area contributed by atoms with Gasteiger partial charge in [-0.3, -0.25) is 4.79 Å². The lowest BCUT2D eigenvalue weighted by Crippen LogP contribution is -2.60. The van der Waals surface area contributed by atoms with Gasteiger partial charge in [-0.1, -0.05) is 12.1 Å². The van der Waals surface area contributed by atoms with Crippen molar-refractivity contribution in [2.24, 2.45) is 0 Å². The maximum atomic E-state index is 13.0. The third-order valence-electron chi connectivity index (χ3n) is 5.10. The number of thiophene rings is 1. The van der Waals surface area contributed by atoms with E-state index < -0.39 is 6.10 Å². The second kappa shape index (κ2) is 7.33. The van der Waals surface area contributed by atoms with Crippen LogP contribution in [0.3, 0.4) is 0 Å². The van der Waals surface area contributed by atoms with Gasteiger partial charge in [0.1, 0.15) is 17.5 Å². The molecule has 0 N–H and O–H groups in total. The lowest BCUT2D eigenvalue weighted by molar-refractivity contribution is -0.165. The first-order valence-corrected chi connectivity index (χ1v) is 10.1. The highest BCUT2D eigenvalue weighted by molar-refractivity contribution is 7.10. The Labute approximate surface area is 172 Å². The number of benzene rings is 2. The fourth-order valence-corrected chi connectivity index (χ4v) is 4.47. The zero-order chi connectivity index (χ0) is 19.8. The van der Waals surface area contributed by atoms with Crippen LogP contribution in [0.2, 0.25) is 0 Å². The number of hydrogen-bond donors (Lipinski definition) is 0. The van der Waals surface area contributed by atoms with Crippen LogP contribution in [-0.2, 0) is 11.3 Å². The Morgan fingerprint density at radius 1 is 1.07 bits per heavy atom. The molecule has 29 heavy (non-hydrogen) atoms. The van der Waals surface area contributed by atoms with E-state index in [-0.39, 0.29) is 18.7 Å². The average molecular weight is 409 g/mol. The molecule has 0 aliphatic carbocycles. The standard InChI is InChI=1S/C22H19NO5S/c1-25-15-5-7-16(8-6-15)28-21-20(19-3-2-10-29-19)23(22(21)24)12-14-4-9-17-18(11-14)27-13-26-17/h2-11,20-21H,12-13H2,1H3/t20-,21+/m1/s1. The minimum atomic E-state index is -0.545. The quantitative estimate of drug-likeness (QED) is 0.576. The summed E-state index contributed by atoms with van der Waals surface area (Å²) in [6.45, 7) is 0.720. The Kier molecular flexibility index (Phi) is 4.52. The Bertz CT molecular complexity index is 1020. The molecule has 1 amide bonds. The molecule has 0 spiro atoms. The Morgan fingerprint density at radius 2 is 1.86 bits per heavy atom. The van der Waals surface area contributed by atoms with Crippen molar-refractivity contribution in [2.45, 2.75) is 18.7 Å². The van der Waals surface area contributed by atoms with Gasteiger partial charge in [0.15, 0.2) is 11.5 Å². The number of carbonyl (C=O) groups is 1. The van der Waals surface area contributed by atoms with Gasteiger partial charge in [0, 0.05) is 11.4 Å². The minimum absolute atomic E-state index is 0.0307. The van der Waals surface area contributed by atoms with Gasteiger partial charge in [-0.05, 0) is 53.4 Å². The molecule has 2 atom stereocenters. The van der Waals surface area contributed by atoms with Crippen LogP contribution in [0.5, 0.6) is 23.0 Å². The third kappa shape index (κ3) is 3.27. The van der Waals surface area contributed by atoms with Crippen LogP contribution in [0.1, 0.15) is 16.5 Å². The maximum absolute atomic E-state index is 13.0. The Hall–Kier alpha value is -3.19. The molecular formula is C22H19NO5S. The summed E-state index contributed by atoms with van der Waals surface area (Å²) in [5.41, 5.74) is 0.993. The molecule has 2 aliphatic heterocycles. The summed E-state index contributed by atoms with van der Waals surface area (Å²) in [7, 11) is 1.62. The molecule has 7 heteroatoms. The number of hydrogen-bond acceptors (Lipinski definition) is 6. The average Bonchev–Trinajstić information content (AvgIpc) is 3.44. The molecule has 1 saturated heterocycles. The molecule has 0 bridgehead atoms. The van der Waals surface area contributed by atoms with Crippen molar-refractivity contribution in [3.05, 3.63) is 70.4 Å². The predicted molar refractivity (Wildman–Crippen MR) is 108 cm³/mol. The molecule has 2 aliphatic rings. The van der Waals surface area contributed by atoms with Gasteiger partial charge < -0.3 is 23.8 Å². The van der Waals surface area contributed by atoms with E-state index in [1.54, 1.807) is 18.4 Å². The fraction of sp³-hybridized carbons (Fsp3) is 0.227. The van der Waals surface area contributed by atoms with E-state index in [4.69, 9.17) is 18.9 Å². The minimum Gasteiger partial charge on any atom is -0.497 e. The molecule has 148 valence electrons. The molecule has 6 nitrogen and oxygen atoms in total. The van der Waals surface area contributed by atoms with E-state index in [0.717, 1.165) is 21.9 Å². The summed E-state index contributed by atoms with van der Waals surface area (Å²) in [5.74, 6) is 2.82. The SMILES string of the molecule is COc1ccc(O[C@@H]2C(=O)N(Cc3ccc4c(c3)OCO4)[C@@H]2c2cccs2)cc1. The van der Waals surface area contributed by atoms with E-state index in [1.807, 2.05) is 64.9 Å². The molecule has 0 unspecified atom stereocenters. The van der Waals surface area contributed by atoms with Crippen LogP contribution < -0.4 is 18.9 Å². The number of ether oxygens (including phenoxy) is 4. The van der Waals surface area contributed by atoms with Gasteiger partial charge in [-0.15, -0.1) is 11.3 Å². The highest BCUT2D eigenvalue weighted by atomic mass is 32.1. The van der Waals surface area contributed by atoms with Crippen LogP contribution in [0, 0.1) is 0 Å². The van der Waals surface area contributed by atoms with Gasteiger partial charge in [0.05, 0.1) is 7.11 Å². The van der Waals surface area contributed by atoms with Crippen molar-refractivity contribution in [1.82, 2.24) is 4.90 Å². The highest BCUT2D eigenvalue weighted by Gasteiger charge is 2.50. The monoisotopic (exact) mass is 409 g/mol. The van der Waals surface area contributed by atoms with Crippen LogP contribution in [0.15, 0.2) is 60.0 Å². The second-order valence-electron chi connectivity index (χ2n) is 6.83. The van der Waals surface area contributed by atoms with Crippen molar-refractivity contribution >= 4 is 17.2 Å². The first-order chi connectivity index (χ1) is 14.2. The number of methoxy groups -OCH3 is 1. The summed E-state index contributed by atoms with van der Waals surface area (Å²) < 4.78 is 22.1. The van der Waals surface area contributed by atoms with Crippen molar-refractivity contribution in [3.63, 3.8) is 0 Å². The summed E-state index contributed by atoms with van der Waals surface area (Å²) in [5, 5.41) is 2.02. The van der Waals surface area contributed by atoms with E-state index in [2.05, 4.69) is 0 Å². The lowest BCUT2D eigenvalue weighted by Gasteiger charge is -2.46. The Balaban J connectivity index is 1.37. The van der Waals surface area contributed by atoms with Crippen molar-refractivity contribution in [3.8, 4) is 23.0 Å². The number of rotatable bonds is 6. The summed E-state index contributed by atoms with van der Waals surface area (Å²) in [6, 6.07) is 17.0. The molecular weight excluding hydrogens is 390 g/mol. The van der Waals surface area contributed by atoms with E-state index in [9.17, 15) is 4.79 Å². The van der Waals surface area contributed by atoms with Crippen molar-refractivity contribution in [1.29, 1.82) is 0 Å². The first-order valence-electron chi connectivity index (χ1n) is 9.26. The van der Waals surface area contributed by atoms with Gasteiger partial charge in [0.25, 0.3) is 5.91 Å². The van der Waals surface area contributed by atoms with E-state index >= 15 is 0 Å². The van der Waals surface area contributed by atoms with Crippen molar-refractivity contribution < 1.29 is 23.7 Å². The first kappa shape index (κ1) is 17.9. The fourth-order valence-electron chi connectivity index (χ4n) is 3.61. The van der Waals surface area contributed by atoms with E-state index in [0.29, 0.717) is 18.0 Å². The molecule has 3 aromatic rings. The largest absolute Gasteiger partial charge is 0.497 e. The summed E-state index contributed by atoms with van der Waals surface area (Å²) in [6.07, 6.45) is -0.545. The lowest BCUT2D eigenvalue weighted by atomic mass is 9.95. The third-order valence-corrected chi connectivity index (χ3v) is 6.04.